The molecule has 0 aliphatic rings. The standard InChI is InChI=1S/C8H17ClO/c1-5-7(10-6-9)8(2,3)4/h7H,5-6H2,1-4H3. The molecule has 0 aromatic rings. The Morgan fingerprint density at radius 3 is 2.00 bits per heavy atom. The Morgan fingerprint density at radius 2 is 1.90 bits per heavy atom. The van der Waals surface area contributed by atoms with Gasteiger partial charge in [-0.15, -0.1) is 0 Å². The largest absolute Gasteiger partial charge is 0.362 e. The van der Waals surface area contributed by atoms with Crippen molar-refractivity contribution in [2.75, 3.05) is 6.07 Å². The highest BCUT2D eigenvalue weighted by Crippen LogP contribution is 2.24. The Bertz CT molecular complexity index is 85.7. The molecule has 0 rings (SSSR count). The Hall–Kier alpha value is 0.250. The van der Waals surface area contributed by atoms with E-state index in [-0.39, 0.29) is 11.5 Å². The molecule has 2 heteroatoms. The third-order valence-corrected chi connectivity index (χ3v) is 1.73. The second-order valence-corrected chi connectivity index (χ2v) is 3.76. The number of hydrogen-bond acceptors (Lipinski definition) is 1. The smallest absolute Gasteiger partial charge is 0.121 e. The van der Waals surface area contributed by atoms with Gasteiger partial charge in [-0.3, -0.25) is 0 Å². The molecule has 62 valence electrons. The first-order chi connectivity index (χ1) is 4.52. The summed E-state index contributed by atoms with van der Waals surface area (Å²) in [6, 6.07) is 0.301. The number of hydrogen-bond donors (Lipinski definition) is 0. The van der Waals surface area contributed by atoms with E-state index >= 15 is 0 Å². The number of rotatable bonds is 3. The quantitative estimate of drug-likeness (QED) is 0.583. The summed E-state index contributed by atoms with van der Waals surface area (Å²) in [6.07, 6.45) is 1.31. The third-order valence-electron chi connectivity index (χ3n) is 1.60. The predicted octanol–water partition coefficient (Wildman–Crippen LogP) is 3.02. The lowest BCUT2D eigenvalue weighted by Gasteiger charge is -2.28. The zero-order valence-electron chi connectivity index (χ0n) is 7.28. The lowest BCUT2D eigenvalue weighted by atomic mass is 9.87. The average Bonchev–Trinajstić information content (AvgIpc) is 1.80. The van der Waals surface area contributed by atoms with Crippen LogP contribution in [0.15, 0.2) is 0 Å². The Balaban J connectivity index is 3.81. The molecule has 0 N–H and O–H groups in total. The molecule has 0 bridgehead atoms. The fourth-order valence-electron chi connectivity index (χ4n) is 1.06. The fraction of sp³-hybridized carbons (Fsp3) is 1.00. The molecule has 1 atom stereocenters. The SMILES string of the molecule is CCC(OCCl)C(C)(C)C. The Labute approximate surface area is 68.7 Å². The van der Waals surface area contributed by atoms with Crippen LogP contribution in [0.3, 0.4) is 0 Å². The van der Waals surface area contributed by atoms with Crippen molar-refractivity contribution in [3.63, 3.8) is 0 Å². The maximum absolute atomic E-state index is 5.46. The van der Waals surface area contributed by atoms with Crippen molar-refractivity contribution in [3.05, 3.63) is 0 Å². The van der Waals surface area contributed by atoms with Gasteiger partial charge in [0, 0.05) is 0 Å². The summed E-state index contributed by atoms with van der Waals surface area (Å²) in [5.41, 5.74) is 0.212. The molecule has 1 unspecified atom stereocenters. The maximum atomic E-state index is 5.46. The monoisotopic (exact) mass is 164 g/mol. The van der Waals surface area contributed by atoms with Crippen molar-refractivity contribution in [3.8, 4) is 0 Å². The van der Waals surface area contributed by atoms with Gasteiger partial charge in [-0.2, -0.15) is 0 Å². The van der Waals surface area contributed by atoms with E-state index in [0.29, 0.717) is 6.07 Å². The number of ether oxygens (including phenoxy) is 1. The predicted molar refractivity (Wildman–Crippen MR) is 45.3 cm³/mol. The van der Waals surface area contributed by atoms with E-state index in [9.17, 15) is 0 Å². The summed E-state index contributed by atoms with van der Waals surface area (Å²) in [4.78, 5) is 0. The van der Waals surface area contributed by atoms with Crippen molar-refractivity contribution in [2.45, 2.75) is 40.2 Å². The van der Waals surface area contributed by atoms with Crippen molar-refractivity contribution in [2.24, 2.45) is 5.41 Å². The summed E-state index contributed by atoms with van der Waals surface area (Å²) in [5.74, 6) is 0. The molecule has 0 heterocycles. The van der Waals surface area contributed by atoms with Crippen LogP contribution in [-0.4, -0.2) is 12.2 Å². The van der Waals surface area contributed by atoms with Crippen LogP contribution >= 0.6 is 11.6 Å². The minimum atomic E-state index is 0.212. The van der Waals surface area contributed by atoms with Gasteiger partial charge in [0.05, 0.1) is 6.10 Å². The van der Waals surface area contributed by atoms with Gasteiger partial charge in [0.25, 0.3) is 0 Å². The molecule has 0 aromatic carbocycles. The van der Waals surface area contributed by atoms with E-state index in [2.05, 4.69) is 27.7 Å². The second-order valence-electron chi connectivity index (χ2n) is 3.54. The van der Waals surface area contributed by atoms with Gasteiger partial charge in [0.2, 0.25) is 0 Å². The molecular weight excluding hydrogens is 148 g/mol. The molecule has 0 radical (unpaired) electrons. The molecule has 0 aliphatic carbocycles. The molecule has 0 amide bonds. The molecule has 0 spiro atoms. The second kappa shape index (κ2) is 4.20. The number of halogens is 1. The zero-order valence-corrected chi connectivity index (χ0v) is 8.03. The first-order valence-corrected chi connectivity index (χ1v) is 4.23. The highest BCUT2D eigenvalue weighted by atomic mass is 35.5. The van der Waals surface area contributed by atoms with Gasteiger partial charge in [0.1, 0.15) is 6.07 Å². The van der Waals surface area contributed by atoms with Crippen LogP contribution in [0.25, 0.3) is 0 Å². The lowest BCUT2D eigenvalue weighted by Crippen LogP contribution is -2.28. The molecule has 0 fully saturated rings. The van der Waals surface area contributed by atoms with E-state index in [1.54, 1.807) is 0 Å². The summed E-state index contributed by atoms with van der Waals surface area (Å²) < 4.78 is 5.32. The van der Waals surface area contributed by atoms with Crippen molar-refractivity contribution < 1.29 is 4.74 Å². The van der Waals surface area contributed by atoms with E-state index in [1.165, 1.54) is 0 Å². The number of alkyl halides is 1. The molecule has 10 heavy (non-hydrogen) atoms. The van der Waals surface area contributed by atoms with Gasteiger partial charge in [-0.25, -0.2) is 0 Å². The summed E-state index contributed by atoms with van der Waals surface area (Å²) in [6.45, 7) is 8.59. The van der Waals surface area contributed by atoms with Gasteiger partial charge in [-0.05, 0) is 11.8 Å². The van der Waals surface area contributed by atoms with Crippen molar-refractivity contribution in [1.82, 2.24) is 0 Å². The zero-order chi connectivity index (χ0) is 8.20. The molecule has 0 aliphatic heterocycles. The average molecular weight is 165 g/mol. The van der Waals surface area contributed by atoms with Crippen LogP contribution in [0.2, 0.25) is 0 Å². The maximum Gasteiger partial charge on any atom is 0.121 e. The topological polar surface area (TPSA) is 9.23 Å². The van der Waals surface area contributed by atoms with Crippen LogP contribution in [0.5, 0.6) is 0 Å². The highest BCUT2D eigenvalue weighted by molar-refractivity contribution is 6.17. The first-order valence-electron chi connectivity index (χ1n) is 3.70. The fourth-order valence-corrected chi connectivity index (χ4v) is 1.21. The van der Waals surface area contributed by atoms with Crippen LogP contribution in [0.1, 0.15) is 34.1 Å². The van der Waals surface area contributed by atoms with Crippen LogP contribution < -0.4 is 0 Å². The minimum absolute atomic E-state index is 0.212. The molecule has 0 saturated heterocycles. The van der Waals surface area contributed by atoms with Crippen LogP contribution in [0, 0.1) is 5.41 Å². The third kappa shape index (κ3) is 3.43. The van der Waals surface area contributed by atoms with Gasteiger partial charge >= 0.3 is 0 Å². The molecule has 1 nitrogen and oxygen atoms in total. The molecule has 0 saturated carbocycles. The normalized spacial score (nSPS) is 15.3. The van der Waals surface area contributed by atoms with Crippen molar-refractivity contribution in [1.29, 1.82) is 0 Å². The highest BCUT2D eigenvalue weighted by Gasteiger charge is 2.22. The van der Waals surface area contributed by atoms with E-state index in [0.717, 1.165) is 6.42 Å². The van der Waals surface area contributed by atoms with Gasteiger partial charge in [0.15, 0.2) is 0 Å². The molecular formula is C8H17ClO. The Kier molecular flexibility index (Phi) is 4.30. The summed E-state index contributed by atoms with van der Waals surface area (Å²) >= 11 is 5.46. The lowest BCUT2D eigenvalue weighted by molar-refractivity contribution is 0.00359. The van der Waals surface area contributed by atoms with E-state index in [1.807, 2.05) is 0 Å². The van der Waals surface area contributed by atoms with Gasteiger partial charge < -0.3 is 4.74 Å². The van der Waals surface area contributed by atoms with Gasteiger partial charge in [-0.1, -0.05) is 39.3 Å². The van der Waals surface area contributed by atoms with Crippen molar-refractivity contribution >= 4 is 11.6 Å². The molecule has 0 aromatic heterocycles. The van der Waals surface area contributed by atoms with Crippen LogP contribution in [-0.2, 0) is 4.74 Å². The minimum Gasteiger partial charge on any atom is -0.362 e. The van der Waals surface area contributed by atoms with Crippen LogP contribution in [0.4, 0.5) is 0 Å². The first kappa shape index (κ1) is 10.2. The van der Waals surface area contributed by atoms with E-state index in [4.69, 9.17) is 16.3 Å². The Morgan fingerprint density at radius 1 is 1.40 bits per heavy atom. The summed E-state index contributed by atoms with van der Waals surface area (Å²) in [7, 11) is 0. The van der Waals surface area contributed by atoms with E-state index < -0.39 is 0 Å². The summed E-state index contributed by atoms with van der Waals surface area (Å²) in [5, 5.41) is 0.